The summed E-state index contributed by atoms with van der Waals surface area (Å²) in [6.07, 6.45) is 0. The summed E-state index contributed by atoms with van der Waals surface area (Å²) in [4.78, 5) is 12.9. The Bertz CT molecular complexity index is 467. The molecular formula is C11H10FN3O. The molecule has 0 atom stereocenters. The molecule has 1 aromatic rings. The molecule has 0 unspecified atom stereocenters. The fourth-order valence-corrected chi connectivity index (χ4v) is 1.66. The minimum atomic E-state index is -0.533. The predicted molar refractivity (Wildman–Crippen MR) is 56.3 cm³/mol. The average molecular weight is 219 g/mol. The number of anilines is 1. The zero-order valence-electron chi connectivity index (χ0n) is 8.53. The zero-order valence-corrected chi connectivity index (χ0v) is 8.53. The van der Waals surface area contributed by atoms with Gasteiger partial charge >= 0.3 is 0 Å². The molecule has 1 heterocycles. The molecule has 0 radical (unpaired) electrons. The third kappa shape index (κ3) is 1.88. The first-order valence-corrected chi connectivity index (χ1v) is 4.93. The Morgan fingerprint density at radius 1 is 1.50 bits per heavy atom. The first-order chi connectivity index (χ1) is 7.72. The molecule has 16 heavy (non-hydrogen) atoms. The van der Waals surface area contributed by atoms with E-state index in [0.717, 1.165) is 6.07 Å². The lowest BCUT2D eigenvalue weighted by Crippen LogP contribution is -2.48. The second-order valence-electron chi connectivity index (χ2n) is 3.50. The van der Waals surface area contributed by atoms with E-state index in [1.165, 1.54) is 17.0 Å². The second kappa shape index (κ2) is 4.29. The number of amides is 1. The Kier molecular flexibility index (Phi) is 2.84. The van der Waals surface area contributed by atoms with Crippen molar-refractivity contribution in [3.8, 4) is 6.07 Å². The molecular weight excluding hydrogens is 209 g/mol. The van der Waals surface area contributed by atoms with Crippen LogP contribution in [0.15, 0.2) is 18.2 Å². The molecule has 4 nitrogen and oxygen atoms in total. The van der Waals surface area contributed by atoms with Crippen LogP contribution in [0.5, 0.6) is 0 Å². The van der Waals surface area contributed by atoms with Gasteiger partial charge in [-0.15, -0.1) is 0 Å². The van der Waals surface area contributed by atoms with Crippen LogP contribution in [0, 0.1) is 17.1 Å². The molecule has 1 saturated heterocycles. The fraction of sp³-hybridized carbons (Fsp3) is 0.273. The zero-order chi connectivity index (χ0) is 11.5. The highest BCUT2D eigenvalue weighted by molar-refractivity contribution is 5.95. The third-order valence-corrected chi connectivity index (χ3v) is 2.46. The van der Waals surface area contributed by atoms with Crippen LogP contribution in [0.3, 0.4) is 0 Å². The molecule has 0 bridgehead atoms. The van der Waals surface area contributed by atoms with Gasteiger partial charge in [-0.3, -0.25) is 4.79 Å². The van der Waals surface area contributed by atoms with E-state index in [9.17, 15) is 9.18 Å². The summed E-state index contributed by atoms with van der Waals surface area (Å²) >= 11 is 0. The van der Waals surface area contributed by atoms with Crippen molar-refractivity contribution in [1.29, 1.82) is 5.26 Å². The number of hydrogen-bond acceptors (Lipinski definition) is 3. The molecule has 1 aromatic carbocycles. The number of halogens is 1. The topological polar surface area (TPSA) is 56.1 Å². The van der Waals surface area contributed by atoms with Crippen LogP contribution in [0.4, 0.5) is 10.1 Å². The van der Waals surface area contributed by atoms with Gasteiger partial charge in [0.25, 0.3) is 0 Å². The van der Waals surface area contributed by atoms with Crippen LogP contribution in [-0.2, 0) is 4.79 Å². The Hall–Kier alpha value is -1.93. The number of nitrogens with one attached hydrogen (secondary N) is 1. The molecule has 0 saturated carbocycles. The largest absolute Gasteiger partial charge is 0.307 e. The maximum absolute atomic E-state index is 13.6. The molecule has 1 aliphatic rings. The van der Waals surface area contributed by atoms with Gasteiger partial charge in [0, 0.05) is 13.1 Å². The van der Waals surface area contributed by atoms with Gasteiger partial charge in [0.1, 0.15) is 5.82 Å². The van der Waals surface area contributed by atoms with E-state index in [-0.39, 0.29) is 23.7 Å². The third-order valence-electron chi connectivity index (χ3n) is 2.46. The molecule has 0 aromatic heterocycles. The van der Waals surface area contributed by atoms with Crippen LogP contribution in [0.1, 0.15) is 5.56 Å². The van der Waals surface area contributed by atoms with Crippen LogP contribution in [-0.4, -0.2) is 25.5 Å². The second-order valence-corrected chi connectivity index (χ2v) is 3.50. The molecule has 1 amide bonds. The lowest BCUT2D eigenvalue weighted by Gasteiger charge is -2.27. The minimum Gasteiger partial charge on any atom is -0.307 e. The number of piperazine rings is 1. The first kappa shape index (κ1) is 10.6. The highest BCUT2D eigenvalue weighted by atomic mass is 19.1. The van der Waals surface area contributed by atoms with E-state index >= 15 is 0 Å². The minimum absolute atomic E-state index is 0.158. The van der Waals surface area contributed by atoms with E-state index < -0.39 is 5.82 Å². The fourth-order valence-electron chi connectivity index (χ4n) is 1.66. The molecule has 5 heteroatoms. The summed E-state index contributed by atoms with van der Waals surface area (Å²) in [5.41, 5.74) is 0.495. The first-order valence-electron chi connectivity index (χ1n) is 4.93. The molecule has 2 rings (SSSR count). The number of nitriles is 1. The molecule has 82 valence electrons. The normalized spacial score (nSPS) is 16.0. The van der Waals surface area contributed by atoms with Crippen molar-refractivity contribution in [2.24, 2.45) is 0 Å². The van der Waals surface area contributed by atoms with Crippen molar-refractivity contribution in [1.82, 2.24) is 5.32 Å². The molecule has 0 aliphatic carbocycles. The van der Waals surface area contributed by atoms with E-state index in [1.54, 1.807) is 0 Å². The average Bonchev–Trinajstić information content (AvgIpc) is 2.30. The van der Waals surface area contributed by atoms with Gasteiger partial charge in [-0.1, -0.05) is 0 Å². The van der Waals surface area contributed by atoms with Crippen molar-refractivity contribution >= 4 is 11.6 Å². The summed E-state index contributed by atoms with van der Waals surface area (Å²) < 4.78 is 13.6. The number of rotatable bonds is 1. The van der Waals surface area contributed by atoms with Crippen LogP contribution in [0.2, 0.25) is 0 Å². The summed E-state index contributed by atoms with van der Waals surface area (Å²) in [6, 6.07) is 5.97. The highest BCUT2D eigenvalue weighted by Crippen LogP contribution is 2.21. The van der Waals surface area contributed by atoms with Gasteiger partial charge in [-0.05, 0) is 18.2 Å². The standard InChI is InChI=1S/C11H10FN3O/c12-9-5-8(6-13)1-2-10(9)15-4-3-14-7-11(15)16/h1-2,5,14H,3-4,7H2. The quantitative estimate of drug-likeness (QED) is 0.753. The van der Waals surface area contributed by atoms with Crippen molar-refractivity contribution in [3.63, 3.8) is 0 Å². The highest BCUT2D eigenvalue weighted by Gasteiger charge is 2.21. The van der Waals surface area contributed by atoms with Crippen LogP contribution in [0.25, 0.3) is 0 Å². The van der Waals surface area contributed by atoms with Crippen molar-refractivity contribution in [3.05, 3.63) is 29.6 Å². The van der Waals surface area contributed by atoms with Crippen molar-refractivity contribution in [2.75, 3.05) is 24.5 Å². The van der Waals surface area contributed by atoms with E-state index in [1.807, 2.05) is 6.07 Å². The number of carbonyl (C=O) groups is 1. The number of nitrogens with zero attached hydrogens (tertiary/aromatic N) is 2. The van der Waals surface area contributed by atoms with E-state index in [4.69, 9.17) is 5.26 Å². The molecule has 1 aliphatic heterocycles. The number of carbonyl (C=O) groups excluding carboxylic acids is 1. The Balaban J connectivity index is 2.33. The molecule has 1 N–H and O–H groups in total. The lowest BCUT2D eigenvalue weighted by atomic mass is 10.2. The summed E-state index contributed by atoms with van der Waals surface area (Å²) in [7, 11) is 0. The lowest BCUT2D eigenvalue weighted by molar-refractivity contribution is -0.118. The Labute approximate surface area is 92.3 Å². The van der Waals surface area contributed by atoms with Gasteiger partial charge in [-0.25, -0.2) is 4.39 Å². The van der Waals surface area contributed by atoms with Crippen molar-refractivity contribution in [2.45, 2.75) is 0 Å². The summed E-state index contributed by atoms with van der Waals surface area (Å²) in [6.45, 7) is 1.31. The summed E-state index contributed by atoms with van der Waals surface area (Å²) in [5, 5.41) is 11.5. The monoisotopic (exact) mass is 219 g/mol. The van der Waals surface area contributed by atoms with Gasteiger partial charge in [0.15, 0.2) is 0 Å². The van der Waals surface area contributed by atoms with Gasteiger partial charge in [0.2, 0.25) is 5.91 Å². The molecule has 1 fully saturated rings. The van der Waals surface area contributed by atoms with Gasteiger partial charge < -0.3 is 10.2 Å². The molecule has 0 spiro atoms. The van der Waals surface area contributed by atoms with Crippen LogP contribution < -0.4 is 10.2 Å². The van der Waals surface area contributed by atoms with Crippen LogP contribution >= 0.6 is 0 Å². The van der Waals surface area contributed by atoms with Crippen molar-refractivity contribution < 1.29 is 9.18 Å². The predicted octanol–water partition coefficient (Wildman–Crippen LogP) is 0.634. The Morgan fingerprint density at radius 3 is 2.94 bits per heavy atom. The van der Waals surface area contributed by atoms with Gasteiger partial charge in [-0.2, -0.15) is 5.26 Å². The SMILES string of the molecule is N#Cc1ccc(N2CCNCC2=O)c(F)c1. The Morgan fingerprint density at radius 2 is 2.31 bits per heavy atom. The smallest absolute Gasteiger partial charge is 0.241 e. The van der Waals surface area contributed by atoms with Gasteiger partial charge in [0.05, 0.1) is 23.9 Å². The van der Waals surface area contributed by atoms with E-state index in [2.05, 4.69) is 5.32 Å². The van der Waals surface area contributed by atoms with E-state index in [0.29, 0.717) is 13.1 Å². The maximum atomic E-state index is 13.6. The summed E-state index contributed by atoms with van der Waals surface area (Å²) in [5.74, 6) is -0.691. The maximum Gasteiger partial charge on any atom is 0.241 e. The number of hydrogen-bond donors (Lipinski definition) is 1. The number of benzene rings is 1.